The molecule has 0 spiro atoms. The van der Waals surface area contributed by atoms with Gasteiger partial charge in [-0.2, -0.15) is 0 Å². The summed E-state index contributed by atoms with van der Waals surface area (Å²) in [7, 11) is 0. The molecule has 2 aromatic rings. The van der Waals surface area contributed by atoms with Crippen LogP contribution < -0.4 is 20.7 Å². The van der Waals surface area contributed by atoms with Gasteiger partial charge in [0.2, 0.25) is 0 Å². The quantitative estimate of drug-likeness (QED) is 0.654. The predicted molar refractivity (Wildman–Crippen MR) is 112 cm³/mol. The largest absolute Gasteiger partial charge is 0.457 e. The molecule has 0 unspecified atom stereocenters. The first-order valence-corrected chi connectivity index (χ1v) is 10.2. The monoisotopic (exact) mass is 427 g/mol. The van der Waals surface area contributed by atoms with Crippen molar-refractivity contribution in [3.05, 3.63) is 54.6 Å². The molecule has 0 saturated carbocycles. The number of carbonyl (C=O) groups is 2. The second-order valence-corrected chi connectivity index (χ2v) is 7.21. The van der Waals surface area contributed by atoms with Crippen LogP contribution in [0, 0.1) is 0 Å². The Morgan fingerprint density at radius 3 is 2.42 bits per heavy atom. The van der Waals surface area contributed by atoms with Gasteiger partial charge in [-0.3, -0.25) is 0 Å². The van der Waals surface area contributed by atoms with E-state index in [-0.39, 0.29) is 31.4 Å². The van der Waals surface area contributed by atoms with Crippen LogP contribution in [0.2, 0.25) is 0 Å². The van der Waals surface area contributed by atoms with Gasteiger partial charge in [-0.15, -0.1) is 0 Å². The number of rotatable bonds is 6. The number of para-hydroxylation sites is 1. The fourth-order valence-corrected chi connectivity index (χ4v) is 3.58. The molecule has 0 bridgehead atoms. The zero-order valence-electron chi connectivity index (χ0n) is 17.1. The predicted octanol–water partition coefficient (Wildman–Crippen LogP) is 2.88. The molecule has 4 atom stereocenters. The first-order chi connectivity index (χ1) is 15.1. The Bertz CT molecular complexity index is 892. The minimum atomic E-state index is -0.505. The van der Waals surface area contributed by atoms with Gasteiger partial charge in [0.25, 0.3) is 0 Å². The highest BCUT2D eigenvalue weighted by Gasteiger charge is 2.50. The van der Waals surface area contributed by atoms with Crippen molar-refractivity contribution in [1.82, 2.24) is 10.6 Å². The Morgan fingerprint density at radius 2 is 1.68 bits per heavy atom. The fourth-order valence-electron chi connectivity index (χ4n) is 3.58. The average molecular weight is 427 g/mol. The van der Waals surface area contributed by atoms with Gasteiger partial charge in [0.1, 0.15) is 23.7 Å². The van der Waals surface area contributed by atoms with Gasteiger partial charge in [-0.05, 0) is 43.3 Å². The second-order valence-electron chi connectivity index (χ2n) is 7.21. The van der Waals surface area contributed by atoms with E-state index in [1.807, 2.05) is 37.3 Å². The molecular weight excluding hydrogens is 402 g/mol. The number of hydrogen-bond donors (Lipinski definition) is 3. The van der Waals surface area contributed by atoms with Crippen molar-refractivity contribution in [2.75, 3.05) is 25.1 Å². The Kier molecular flexibility index (Phi) is 6.54. The zero-order chi connectivity index (χ0) is 21.6. The first-order valence-electron chi connectivity index (χ1n) is 10.2. The highest BCUT2D eigenvalue weighted by atomic mass is 16.6. The van der Waals surface area contributed by atoms with E-state index in [0.717, 1.165) is 5.75 Å². The molecule has 3 amide bonds. The lowest BCUT2D eigenvalue weighted by Crippen LogP contribution is -2.46. The SMILES string of the molecule is CCNC(=O)O[C@H]1CO[C@@H]2[C@@H]1OC[C@@H]2NC(=O)Nc1ccc(Oc2ccccc2)cc1. The fraction of sp³-hybridized carbons (Fsp3) is 0.364. The smallest absolute Gasteiger partial charge is 0.407 e. The van der Waals surface area contributed by atoms with Crippen LogP contribution in [0.5, 0.6) is 11.5 Å². The molecule has 0 aromatic heterocycles. The molecule has 2 heterocycles. The van der Waals surface area contributed by atoms with Crippen LogP contribution in [-0.2, 0) is 14.2 Å². The number of carbonyl (C=O) groups excluding carboxylic acids is 2. The molecular formula is C22H25N3O6. The lowest BCUT2D eigenvalue weighted by atomic mass is 10.1. The maximum atomic E-state index is 12.4. The van der Waals surface area contributed by atoms with Crippen molar-refractivity contribution in [2.24, 2.45) is 0 Å². The van der Waals surface area contributed by atoms with E-state index in [1.165, 1.54) is 0 Å². The third-order valence-electron chi connectivity index (χ3n) is 5.00. The van der Waals surface area contributed by atoms with Crippen LogP contribution in [0.1, 0.15) is 6.92 Å². The number of ether oxygens (including phenoxy) is 4. The Morgan fingerprint density at radius 1 is 0.968 bits per heavy atom. The highest BCUT2D eigenvalue weighted by Crippen LogP contribution is 2.29. The molecule has 2 aliphatic heterocycles. The van der Waals surface area contributed by atoms with Crippen LogP contribution in [0.4, 0.5) is 15.3 Å². The van der Waals surface area contributed by atoms with Crippen LogP contribution in [-0.4, -0.2) is 56.2 Å². The van der Waals surface area contributed by atoms with E-state index in [1.54, 1.807) is 24.3 Å². The summed E-state index contributed by atoms with van der Waals surface area (Å²) < 4.78 is 22.5. The molecule has 0 radical (unpaired) electrons. The standard InChI is InChI=1S/C22H25N3O6/c1-2-23-22(27)31-18-13-29-19-17(12-28-20(18)19)25-21(26)24-14-8-10-16(11-9-14)30-15-6-4-3-5-7-15/h3-11,17-20H,2,12-13H2,1H3,(H,23,27)(H2,24,25,26)/t17-,18-,19-,20+/m0/s1. The number of anilines is 1. The molecule has 2 fully saturated rings. The molecule has 9 heteroatoms. The van der Waals surface area contributed by atoms with Crippen molar-refractivity contribution in [3.63, 3.8) is 0 Å². The molecule has 164 valence electrons. The van der Waals surface area contributed by atoms with Crippen molar-refractivity contribution in [3.8, 4) is 11.5 Å². The summed E-state index contributed by atoms with van der Waals surface area (Å²) in [6.07, 6.45) is -1.77. The summed E-state index contributed by atoms with van der Waals surface area (Å²) in [4.78, 5) is 24.1. The summed E-state index contributed by atoms with van der Waals surface area (Å²) in [5.74, 6) is 1.41. The van der Waals surface area contributed by atoms with Gasteiger partial charge < -0.3 is 34.9 Å². The van der Waals surface area contributed by atoms with Crippen LogP contribution in [0.15, 0.2) is 54.6 Å². The maximum Gasteiger partial charge on any atom is 0.407 e. The number of nitrogens with one attached hydrogen (secondary N) is 3. The number of amides is 3. The molecule has 3 N–H and O–H groups in total. The average Bonchev–Trinajstić information content (AvgIpc) is 3.34. The Labute approximate surface area is 180 Å². The van der Waals surface area contributed by atoms with Gasteiger partial charge in [0.05, 0.1) is 19.3 Å². The van der Waals surface area contributed by atoms with Crippen molar-refractivity contribution >= 4 is 17.8 Å². The van der Waals surface area contributed by atoms with E-state index in [2.05, 4.69) is 16.0 Å². The third kappa shape index (κ3) is 5.25. The molecule has 2 aliphatic rings. The van der Waals surface area contributed by atoms with Crippen LogP contribution >= 0.6 is 0 Å². The van der Waals surface area contributed by atoms with Crippen LogP contribution in [0.25, 0.3) is 0 Å². The number of fused-ring (bicyclic) bond motifs is 1. The number of alkyl carbamates (subject to hydrolysis) is 1. The molecule has 2 aromatic carbocycles. The van der Waals surface area contributed by atoms with E-state index in [9.17, 15) is 9.59 Å². The summed E-state index contributed by atoms with van der Waals surface area (Å²) in [6.45, 7) is 2.80. The van der Waals surface area contributed by atoms with Gasteiger partial charge in [-0.25, -0.2) is 9.59 Å². The lowest BCUT2D eigenvalue weighted by molar-refractivity contribution is 0.00419. The number of benzene rings is 2. The van der Waals surface area contributed by atoms with Gasteiger partial charge >= 0.3 is 12.1 Å². The maximum absolute atomic E-state index is 12.4. The summed E-state index contributed by atoms with van der Waals surface area (Å²) in [6, 6.07) is 15.8. The lowest BCUT2D eigenvalue weighted by Gasteiger charge is -2.18. The first kappa shape index (κ1) is 21.0. The molecule has 0 aliphatic carbocycles. The van der Waals surface area contributed by atoms with Crippen LogP contribution in [0.3, 0.4) is 0 Å². The normalized spacial score (nSPS) is 24.2. The van der Waals surface area contributed by atoms with Crippen molar-refractivity contribution in [1.29, 1.82) is 0 Å². The minimum absolute atomic E-state index is 0.231. The number of urea groups is 1. The highest BCUT2D eigenvalue weighted by molar-refractivity contribution is 5.89. The molecule has 4 rings (SSSR count). The summed E-state index contributed by atoms with van der Waals surface area (Å²) in [5.41, 5.74) is 0.623. The van der Waals surface area contributed by atoms with Gasteiger partial charge in [-0.1, -0.05) is 18.2 Å². The van der Waals surface area contributed by atoms with E-state index in [4.69, 9.17) is 18.9 Å². The molecule has 9 nitrogen and oxygen atoms in total. The summed E-state index contributed by atoms with van der Waals surface area (Å²) in [5, 5.41) is 8.23. The van der Waals surface area contributed by atoms with Crippen molar-refractivity contribution in [2.45, 2.75) is 31.3 Å². The summed E-state index contributed by atoms with van der Waals surface area (Å²) >= 11 is 0. The number of hydrogen-bond acceptors (Lipinski definition) is 6. The van der Waals surface area contributed by atoms with E-state index in [0.29, 0.717) is 18.0 Å². The van der Waals surface area contributed by atoms with Gasteiger partial charge in [0.15, 0.2) is 6.10 Å². The van der Waals surface area contributed by atoms with E-state index >= 15 is 0 Å². The Balaban J connectivity index is 1.26. The van der Waals surface area contributed by atoms with E-state index < -0.39 is 18.3 Å². The van der Waals surface area contributed by atoms with Gasteiger partial charge in [0, 0.05) is 12.2 Å². The second kappa shape index (κ2) is 9.67. The minimum Gasteiger partial charge on any atom is -0.457 e. The topological polar surface area (TPSA) is 107 Å². The van der Waals surface area contributed by atoms with Crippen molar-refractivity contribution < 1.29 is 28.5 Å². The Hall–Kier alpha value is -3.30. The third-order valence-corrected chi connectivity index (χ3v) is 5.00. The zero-order valence-corrected chi connectivity index (χ0v) is 17.1. The molecule has 31 heavy (non-hydrogen) atoms. The molecule has 2 saturated heterocycles.